The third-order valence-corrected chi connectivity index (χ3v) is 4.28. The second-order valence-electron chi connectivity index (χ2n) is 5.85. The average Bonchev–Trinajstić information content (AvgIpc) is 3.08. The van der Waals surface area contributed by atoms with E-state index in [1.165, 1.54) is 0 Å². The lowest BCUT2D eigenvalue weighted by Crippen LogP contribution is -2.40. The van der Waals surface area contributed by atoms with Crippen LogP contribution in [-0.2, 0) is 4.79 Å². The van der Waals surface area contributed by atoms with Gasteiger partial charge in [-0.05, 0) is 43.0 Å². The largest absolute Gasteiger partial charge is 0.325 e. The first-order valence-electron chi connectivity index (χ1n) is 7.92. The number of carbonyl (C=O) groups excluding carboxylic acids is 2. The molecule has 2 amide bonds. The van der Waals surface area contributed by atoms with E-state index in [4.69, 9.17) is 0 Å². The normalized spacial score (nSPS) is 18.8. The molecule has 2 aliphatic rings. The lowest BCUT2D eigenvalue weighted by molar-refractivity contribution is -0.119. The topological polar surface area (TPSA) is 62.3 Å². The van der Waals surface area contributed by atoms with Gasteiger partial charge in [0, 0.05) is 12.1 Å². The second kappa shape index (κ2) is 5.82. The van der Waals surface area contributed by atoms with E-state index in [2.05, 4.69) is 22.1 Å². The van der Waals surface area contributed by atoms with Crippen LogP contribution in [0.4, 0.5) is 5.69 Å². The van der Waals surface area contributed by atoms with Crippen LogP contribution >= 0.6 is 0 Å². The Morgan fingerprint density at radius 1 is 1.08 bits per heavy atom. The van der Waals surface area contributed by atoms with Crippen LogP contribution in [0.1, 0.15) is 34.6 Å². The summed E-state index contributed by atoms with van der Waals surface area (Å²) in [7, 11) is 0. The predicted molar refractivity (Wildman–Crippen MR) is 89.3 cm³/mol. The average molecular weight is 317 g/mol. The minimum atomic E-state index is -0.384. The fourth-order valence-corrected chi connectivity index (χ4v) is 3.08. The highest BCUT2D eigenvalue weighted by molar-refractivity contribution is 6.09. The van der Waals surface area contributed by atoms with Gasteiger partial charge in [0.05, 0.1) is 5.69 Å². The van der Waals surface area contributed by atoms with Gasteiger partial charge in [-0.1, -0.05) is 24.1 Å². The molecule has 118 valence electrons. The summed E-state index contributed by atoms with van der Waals surface area (Å²) in [5.41, 5.74) is 2.13. The van der Waals surface area contributed by atoms with Gasteiger partial charge in [0.25, 0.3) is 5.91 Å². The van der Waals surface area contributed by atoms with Crippen molar-refractivity contribution in [1.82, 2.24) is 9.88 Å². The molecule has 24 heavy (non-hydrogen) atoms. The van der Waals surface area contributed by atoms with Crippen molar-refractivity contribution in [3.8, 4) is 11.8 Å². The number of hydrogen-bond acceptors (Lipinski definition) is 3. The summed E-state index contributed by atoms with van der Waals surface area (Å²) < 4.78 is 0. The molecule has 0 spiro atoms. The summed E-state index contributed by atoms with van der Waals surface area (Å²) in [6.45, 7) is 0.595. The highest BCUT2D eigenvalue weighted by Crippen LogP contribution is 2.27. The third-order valence-electron chi connectivity index (χ3n) is 4.28. The molecule has 0 unspecified atom stereocenters. The van der Waals surface area contributed by atoms with E-state index in [-0.39, 0.29) is 23.6 Å². The summed E-state index contributed by atoms with van der Waals surface area (Å²) >= 11 is 0. The zero-order chi connectivity index (χ0) is 16.5. The molecule has 1 atom stereocenters. The van der Waals surface area contributed by atoms with Gasteiger partial charge in [-0.3, -0.25) is 9.59 Å². The maximum absolute atomic E-state index is 12.7. The third kappa shape index (κ3) is 2.52. The number of anilines is 1. The molecule has 4 rings (SSSR count). The van der Waals surface area contributed by atoms with Crippen LogP contribution in [0.5, 0.6) is 0 Å². The van der Waals surface area contributed by atoms with Gasteiger partial charge < -0.3 is 10.2 Å². The quantitative estimate of drug-likeness (QED) is 0.756. The number of aromatic nitrogens is 1. The Morgan fingerprint density at radius 2 is 1.92 bits per heavy atom. The van der Waals surface area contributed by atoms with Gasteiger partial charge in [-0.15, -0.1) is 0 Å². The van der Waals surface area contributed by atoms with Crippen molar-refractivity contribution >= 4 is 17.5 Å². The highest BCUT2D eigenvalue weighted by Gasteiger charge is 2.39. The Labute approximate surface area is 139 Å². The zero-order valence-corrected chi connectivity index (χ0v) is 13.0. The van der Waals surface area contributed by atoms with Gasteiger partial charge in [0.1, 0.15) is 11.7 Å². The van der Waals surface area contributed by atoms with Gasteiger partial charge in [0.15, 0.2) is 5.69 Å². The van der Waals surface area contributed by atoms with Crippen LogP contribution in [0.15, 0.2) is 42.5 Å². The number of nitrogens with one attached hydrogen (secondary N) is 1. The Balaban J connectivity index is 1.71. The fraction of sp³-hybridized carbons (Fsp3) is 0.211. The SMILES string of the molecule is O=C1Nc2ccc(C#Cc3ccccc3)nc2C(=O)N2CCC[C@@H]12. The number of rotatable bonds is 0. The summed E-state index contributed by atoms with van der Waals surface area (Å²) in [5, 5.41) is 2.81. The minimum Gasteiger partial charge on any atom is -0.325 e. The summed E-state index contributed by atoms with van der Waals surface area (Å²) in [4.78, 5) is 31.0. The van der Waals surface area contributed by atoms with Gasteiger partial charge in [-0.25, -0.2) is 4.98 Å². The van der Waals surface area contributed by atoms with Gasteiger partial charge in [-0.2, -0.15) is 0 Å². The molecule has 0 bridgehead atoms. The number of hydrogen-bond donors (Lipinski definition) is 1. The lowest BCUT2D eigenvalue weighted by Gasteiger charge is -2.19. The van der Waals surface area contributed by atoms with Crippen LogP contribution in [-0.4, -0.2) is 34.3 Å². The summed E-state index contributed by atoms with van der Waals surface area (Å²) in [5.74, 6) is 5.67. The molecule has 2 aliphatic heterocycles. The van der Waals surface area contributed by atoms with Crippen LogP contribution in [0.2, 0.25) is 0 Å². The minimum absolute atomic E-state index is 0.135. The number of nitrogens with zero attached hydrogens (tertiary/aromatic N) is 2. The zero-order valence-electron chi connectivity index (χ0n) is 13.0. The molecular formula is C19H15N3O2. The van der Waals surface area contributed by atoms with Gasteiger partial charge >= 0.3 is 0 Å². The van der Waals surface area contributed by atoms with Crippen molar-refractivity contribution < 1.29 is 9.59 Å². The molecular weight excluding hydrogens is 302 g/mol. The number of benzene rings is 1. The van der Waals surface area contributed by atoms with Crippen molar-refractivity contribution in [2.75, 3.05) is 11.9 Å². The second-order valence-corrected chi connectivity index (χ2v) is 5.85. The molecule has 1 aromatic carbocycles. The van der Waals surface area contributed by atoms with E-state index < -0.39 is 0 Å². The molecule has 1 aromatic heterocycles. The van der Waals surface area contributed by atoms with E-state index in [0.29, 0.717) is 24.3 Å². The smallest absolute Gasteiger partial charge is 0.275 e. The van der Waals surface area contributed by atoms with E-state index >= 15 is 0 Å². The molecule has 2 aromatic rings. The van der Waals surface area contributed by atoms with Gasteiger partial charge in [0.2, 0.25) is 5.91 Å². The molecule has 0 radical (unpaired) electrons. The Kier molecular flexibility index (Phi) is 3.51. The summed E-state index contributed by atoms with van der Waals surface area (Å²) in [6.07, 6.45) is 1.54. The fourth-order valence-electron chi connectivity index (χ4n) is 3.08. The maximum atomic E-state index is 12.7. The summed E-state index contributed by atoms with van der Waals surface area (Å²) in [6, 6.07) is 12.6. The molecule has 5 heteroatoms. The molecule has 3 heterocycles. The van der Waals surface area contributed by atoms with Crippen molar-refractivity contribution in [3.63, 3.8) is 0 Å². The Hall–Kier alpha value is -3.13. The maximum Gasteiger partial charge on any atom is 0.275 e. The first-order chi connectivity index (χ1) is 11.7. The molecule has 5 nitrogen and oxygen atoms in total. The van der Waals surface area contributed by atoms with Crippen LogP contribution in [0, 0.1) is 11.8 Å². The Morgan fingerprint density at radius 3 is 2.75 bits per heavy atom. The highest BCUT2D eigenvalue weighted by atomic mass is 16.2. The van der Waals surface area contributed by atoms with Crippen LogP contribution < -0.4 is 5.32 Å². The van der Waals surface area contributed by atoms with E-state index in [0.717, 1.165) is 12.0 Å². The van der Waals surface area contributed by atoms with Crippen molar-refractivity contribution in [3.05, 3.63) is 59.4 Å². The first-order valence-corrected chi connectivity index (χ1v) is 7.92. The van der Waals surface area contributed by atoms with Crippen molar-refractivity contribution in [1.29, 1.82) is 0 Å². The van der Waals surface area contributed by atoms with E-state index in [1.807, 2.05) is 30.3 Å². The molecule has 0 aliphatic carbocycles. The van der Waals surface area contributed by atoms with E-state index in [9.17, 15) is 9.59 Å². The molecule has 1 saturated heterocycles. The first kappa shape index (κ1) is 14.5. The van der Waals surface area contributed by atoms with Crippen LogP contribution in [0.25, 0.3) is 0 Å². The molecule has 1 N–H and O–H groups in total. The van der Waals surface area contributed by atoms with Crippen molar-refractivity contribution in [2.24, 2.45) is 0 Å². The monoisotopic (exact) mass is 317 g/mol. The lowest BCUT2D eigenvalue weighted by atomic mass is 10.2. The predicted octanol–water partition coefficient (Wildman–Crippen LogP) is 2.04. The Bertz CT molecular complexity index is 880. The number of pyridine rings is 1. The number of amides is 2. The van der Waals surface area contributed by atoms with Crippen LogP contribution in [0.3, 0.4) is 0 Å². The number of fused-ring (bicyclic) bond motifs is 2. The standard InChI is InChI=1S/C19H15N3O2/c23-18-16-7-4-12-22(16)19(24)17-15(21-18)11-10-14(20-17)9-8-13-5-2-1-3-6-13/h1-3,5-6,10-11,16H,4,7,12H2,(H,21,23)/t16-/m0/s1. The number of carbonyl (C=O) groups is 2. The van der Waals surface area contributed by atoms with E-state index in [1.54, 1.807) is 17.0 Å². The van der Waals surface area contributed by atoms with Crippen molar-refractivity contribution in [2.45, 2.75) is 18.9 Å². The molecule has 1 fully saturated rings. The molecule has 0 saturated carbocycles.